The maximum atomic E-state index is 12.5. The number of fused-ring (bicyclic) bond motifs is 1. The van der Waals surface area contributed by atoms with Crippen molar-refractivity contribution >= 4 is 56.7 Å². The predicted octanol–water partition coefficient (Wildman–Crippen LogP) is 6.56. The third-order valence-electron chi connectivity index (χ3n) is 6.82. The molecule has 1 unspecified atom stereocenters. The standard InChI is InChI=1S/C27H34BrClN6O3/c1-27(2,3)38-26(36)33-11-6-7-18(16-33)17-34-30-14-19(32-34)9-10-20-22(29)13-23-21(25(20)28)15-31-35(23)24-8-4-5-12-37-24/h9-10,13-15,18,24H,4-8,11-12,16-17H2,1-3H3/b10-9-/t18-,24?/m1/s1. The number of benzene rings is 1. The highest BCUT2D eigenvalue weighted by Crippen LogP contribution is 2.37. The van der Waals surface area contributed by atoms with Crippen molar-refractivity contribution in [3.05, 3.63) is 39.2 Å². The number of ether oxygens (including phenoxy) is 2. The van der Waals surface area contributed by atoms with E-state index in [9.17, 15) is 4.79 Å². The number of hydrogen-bond acceptors (Lipinski definition) is 6. The fourth-order valence-electron chi connectivity index (χ4n) is 5.01. The number of halogens is 2. The van der Waals surface area contributed by atoms with Gasteiger partial charge >= 0.3 is 6.09 Å². The van der Waals surface area contributed by atoms with Crippen molar-refractivity contribution in [2.45, 2.75) is 71.2 Å². The summed E-state index contributed by atoms with van der Waals surface area (Å²) in [5.74, 6) is 0.274. The van der Waals surface area contributed by atoms with Crippen LogP contribution in [0.5, 0.6) is 0 Å². The van der Waals surface area contributed by atoms with E-state index in [2.05, 4.69) is 31.2 Å². The third kappa shape index (κ3) is 6.24. The van der Waals surface area contributed by atoms with Crippen molar-refractivity contribution in [1.82, 2.24) is 29.7 Å². The summed E-state index contributed by atoms with van der Waals surface area (Å²) in [5.41, 5.74) is 2.05. The van der Waals surface area contributed by atoms with Gasteiger partial charge in [-0.2, -0.15) is 20.1 Å². The normalized spacial score (nSPS) is 20.9. The SMILES string of the molecule is CC(C)(C)OC(=O)N1CCC[C@@H](Cn2ncc(/C=C\c3c(Cl)cc4c(cnn4C4CCCCO4)c3Br)n2)C1. The maximum absolute atomic E-state index is 12.5. The van der Waals surface area contributed by atoms with E-state index in [1.165, 1.54) is 0 Å². The number of amides is 1. The zero-order chi connectivity index (χ0) is 26.9. The average molecular weight is 606 g/mol. The Bertz CT molecular complexity index is 1320. The van der Waals surface area contributed by atoms with Gasteiger partial charge in [-0.1, -0.05) is 17.7 Å². The van der Waals surface area contributed by atoms with E-state index in [0.717, 1.165) is 71.9 Å². The molecular formula is C27H34BrClN6O3. The molecule has 0 bridgehead atoms. The Labute approximate surface area is 236 Å². The molecule has 1 amide bonds. The van der Waals surface area contributed by atoms with Gasteiger partial charge in [0.1, 0.15) is 11.3 Å². The van der Waals surface area contributed by atoms with E-state index in [1.807, 2.05) is 49.9 Å². The lowest BCUT2D eigenvalue weighted by atomic mass is 9.98. The number of carbonyl (C=O) groups excluding carboxylic acids is 1. The van der Waals surface area contributed by atoms with Crippen molar-refractivity contribution in [1.29, 1.82) is 0 Å². The Morgan fingerprint density at radius 2 is 2.05 bits per heavy atom. The Morgan fingerprint density at radius 3 is 2.82 bits per heavy atom. The molecule has 2 aliphatic heterocycles. The summed E-state index contributed by atoms with van der Waals surface area (Å²) in [4.78, 5) is 16.0. The maximum Gasteiger partial charge on any atom is 0.410 e. The van der Waals surface area contributed by atoms with Crippen LogP contribution >= 0.6 is 27.5 Å². The van der Waals surface area contributed by atoms with Crippen LogP contribution in [0, 0.1) is 5.92 Å². The Balaban J connectivity index is 1.26. The molecule has 9 nitrogen and oxygen atoms in total. The molecule has 1 aromatic carbocycles. The van der Waals surface area contributed by atoms with Gasteiger partial charge in [0.25, 0.3) is 0 Å². The van der Waals surface area contributed by atoms with Crippen LogP contribution in [0.15, 0.2) is 22.9 Å². The Hall–Kier alpha value is -2.43. The van der Waals surface area contributed by atoms with Crippen LogP contribution in [-0.4, -0.2) is 61.1 Å². The molecule has 204 valence electrons. The van der Waals surface area contributed by atoms with Gasteiger partial charge in [0.2, 0.25) is 0 Å². The second-order valence-corrected chi connectivity index (χ2v) is 12.2. The number of aromatic nitrogens is 5. The number of rotatable bonds is 5. The van der Waals surface area contributed by atoms with Gasteiger partial charge in [0, 0.05) is 35.1 Å². The van der Waals surface area contributed by atoms with E-state index in [4.69, 9.17) is 21.1 Å². The Morgan fingerprint density at radius 1 is 1.21 bits per heavy atom. The van der Waals surface area contributed by atoms with Crippen molar-refractivity contribution < 1.29 is 14.3 Å². The minimum Gasteiger partial charge on any atom is -0.444 e. The van der Waals surface area contributed by atoms with Crippen LogP contribution in [0.1, 0.15) is 70.4 Å². The summed E-state index contributed by atoms with van der Waals surface area (Å²) in [6.45, 7) is 8.42. The molecule has 2 aliphatic rings. The number of likely N-dealkylation sites (tertiary alicyclic amines) is 1. The smallest absolute Gasteiger partial charge is 0.410 e. The fourth-order valence-corrected chi connectivity index (χ4v) is 6.04. The molecule has 2 fully saturated rings. The molecule has 0 saturated carbocycles. The highest BCUT2D eigenvalue weighted by atomic mass is 79.9. The summed E-state index contributed by atoms with van der Waals surface area (Å²) >= 11 is 10.4. The van der Waals surface area contributed by atoms with Crippen LogP contribution < -0.4 is 0 Å². The monoisotopic (exact) mass is 604 g/mol. The van der Waals surface area contributed by atoms with Gasteiger partial charge in [0.15, 0.2) is 6.23 Å². The van der Waals surface area contributed by atoms with Crippen LogP contribution in [-0.2, 0) is 16.0 Å². The van der Waals surface area contributed by atoms with E-state index in [1.54, 1.807) is 15.9 Å². The van der Waals surface area contributed by atoms with Gasteiger partial charge in [0.05, 0.1) is 29.5 Å². The average Bonchev–Trinajstić information content (AvgIpc) is 3.50. The summed E-state index contributed by atoms with van der Waals surface area (Å²) in [6, 6.07) is 1.95. The molecule has 2 aromatic heterocycles. The number of carbonyl (C=O) groups is 1. The highest BCUT2D eigenvalue weighted by Gasteiger charge is 2.28. The first-order chi connectivity index (χ1) is 18.2. The van der Waals surface area contributed by atoms with Crippen LogP contribution in [0.25, 0.3) is 23.1 Å². The molecule has 3 aromatic rings. The van der Waals surface area contributed by atoms with Gasteiger partial charge in [-0.25, -0.2) is 9.48 Å². The van der Waals surface area contributed by atoms with E-state index in [0.29, 0.717) is 18.1 Å². The van der Waals surface area contributed by atoms with Gasteiger partial charge in [-0.15, -0.1) is 0 Å². The molecular weight excluding hydrogens is 572 g/mol. The van der Waals surface area contributed by atoms with Crippen molar-refractivity contribution in [2.24, 2.45) is 5.92 Å². The van der Waals surface area contributed by atoms with E-state index >= 15 is 0 Å². The summed E-state index contributed by atoms with van der Waals surface area (Å²) < 4.78 is 14.3. The molecule has 0 spiro atoms. The number of nitrogens with zero attached hydrogens (tertiary/aromatic N) is 6. The quantitative estimate of drug-likeness (QED) is 0.327. The number of hydrogen-bond donors (Lipinski definition) is 0. The molecule has 11 heteroatoms. The zero-order valence-electron chi connectivity index (χ0n) is 22.1. The first-order valence-electron chi connectivity index (χ1n) is 13.2. The van der Waals surface area contributed by atoms with E-state index < -0.39 is 5.60 Å². The molecule has 5 rings (SSSR count). The predicted molar refractivity (Wildman–Crippen MR) is 151 cm³/mol. The third-order valence-corrected chi connectivity index (χ3v) is 7.99. The lowest BCUT2D eigenvalue weighted by Gasteiger charge is -2.33. The first-order valence-corrected chi connectivity index (χ1v) is 14.4. The lowest BCUT2D eigenvalue weighted by molar-refractivity contribution is -0.0366. The minimum atomic E-state index is -0.499. The summed E-state index contributed by atoms with van der Waals surface area (Å²) in [5, 5.41) is 15.3. The molecule has 38 heavy (non-hydrogen) atoms. The lowest BCUT2D eigenvalue weighted by Crippen LogP contribution is -2.43. The minimum absolute atomic E-state index is 0.0546. The van der Waals surface area contributed by atoms with Crippen molar-refractivity contribution in [2.75, 3.05) is 19.7 Å². The first kappa shape index (κ1) is 27.1. The van der Waals surface area contributed by atoms with Gasteiger partial charge in [-0.05, 0) is 86.9 Å². The second kappa shape index (κ2) is 11.4. The van der Waals surface area contributed by atoms with Crippen molar-refractivity contribution in [3.63, 3.8) is 0 Å². The molecule has 0 radical (unpaired) electrons. The molecule has 0 aliphatic carbocycles. The topological polar surface area (TPSA) is 87.3 Å². The summed E-state index contributed by atoms with van der Waals surface area (Å²) in [6.07, 6.45) is 12.3. The molecule has 2 atom stereocenters. The highest BCUT2D eigenvalue weighted by molar-refractivity contribution is 9.10. The molecule has 0 N–H and O–H groups in total. The van der Waals surface area contributed by atoms with Crippen LogP contribution in [0.4, 0.5) is 4.79 Å². The number of piperidine rings is 1. The van der Waals surface area contributed by atoms with Gasteiger partial charge in [-0.3, -0.25) is 0 Å². The summed E-state index contributed by atoms with van der Waals surface area (Å²) in [7, 11) is 0. The van der Waals surface area contributed by atoms with Crippen molar-refractivity contribution in [3.8, 4) is 0 Å². The largest absolute Gasteiger partial charge is 0.444 e. The van der Waals surface area contributed by atoms with Gasteiger partial charge < -0.3 is 14.4 Å². The fraction of sp³-hybridized carbons (Fsp3) is 0.556. The second-order valence-electron chi connectivity index (χ2n) is 11.0. The Kier molecular flexibility index (Phi) is 8.11. The molecule has 2 saturated heterocycles. The van der Waals surface area contributed by atoms with Crippen LogP contribution in [0.3, 0.4) is 0 Å². The van der Waals surface area contributed by atoms with Crippen LogP contribution in [0.2, 0.25) is 5.02 Å². The molecule has 4 heterocycles. The van der Waals surface area contributed by atoms with E-state index in [-0.39, 0.29) is 18.2 Å². The zero-order valence-corrected chi connectivity index (χ0v) is 24.4.